The highest BCUT2D eigenvalue weighted by Crippen LogP contribution is 2.21. The zero-order valence-corrected chi connectivity index (χ0v) is 15.0. The number of aliphatic imine (C=N–C) groups is 1. The molecule has 1 aliphatic heterocycles. The standard InChI is InChI=1S/C17H35N5O/c1-18-17(20-9-11-22-12-14-23-15-13-22)19-8-10-21(2)16-6-4-3-5-7-16/h16H,3-15H2,1-2H3,(H2,18,19,20). The minimum atomic E-state index is 0.779. The first-order valence-electron chi connectivity index (χ1n) is 9.24. The lowest BCUT2D eigenvalue weighted by molar-refractivity contribution is 0.0389. The molecule has 0 unspecified atom stereocenters. The van der Waals surface area contributed by atoms with Crippen molar-refractivity contribution in [1.29, 1.82) is 0 Å². The fourth-order valence-electron chi connectivity index (χ4n) is 3.43. The molecule has 2 N–H and O–H groups in total. The maximum absolute atomic E-state index is 5.37. The molecular weight excluding hydrogens is 290 g/mol. The highest BCUT2D eigenvalue weighted by molar-refractivity contribution is 5.79. The summed E-state index contributed by atoms with van der Waals surface area (Å²) in [6, 6.07) is 0.779. The molecule has 134 valence electrons. The largest absolute Gasteiger partial charge is 0.379 e. The predicted octanol–water partition coefficient (Wildman–Crippen LogP) is 0.748. The number of ether oxygens (including phenoxy) is 1. The highest BCUT2D eigenvalue weighted by atomic mass is 16.5. The number of guanidine groups is 1. The summed E-state index contributed by atoms with van der Waals surface area (Å²) in [5, 5.41) is 6.84. The lowest BCUT2D eigenvalue weighted by Gasteiger charge is -2.31. The van der Waals surface area contributed by atoms with Crippen molar-refractivity contribution in [3.05, 3.63) is 0 Å². The lowest BCUT2D eigenvalue weighted by atomic mass is 9.94. The minimum Gasteiger partial charge on any atom is -0.379 e. The first-order valence-corrected chi connectivity index (χ1v) is 9.24. The van der Waals surface area contributed by atoms with E-state index in [0.717, 1.165) is 64.5 Å². The average molecular weight is 326 g/mol. The van der Waals surface area contributed by atoms with Gasteiger partial charge < -0.3 is 20.3 Å². The van der Waals surface area contributed by atoms with Crippen molar-refractivity contribution in [2.45, 2.75) is 38.1 Å². The van der Waals surface area contributed by atoms with E-state index >= 15 is 0 Å². The molecular formula is C17H35N5O. The molecule has 0 aromatic rings. The summed E-state index contributed by atoms with van der Waals surface area (Å²) in [6.07, 6.45) is 6.94. The Morgan fingerprint density at radius 1 is 1.13 bits per heavy atom. The van der Waals surface area contributed by atoms with Gasteiger partial charge in [-0.15, -0.1) is 0 Å². The number of nitrogens with one attached hydrogen (secondary N) is 2. The summed E-state index contributed by atoms with van der Waals surface area (Å²) in [5.74, 6) is 0.912. The number of rotatable bonds is 7. The van der Waals surface area contributed by atoms with E-state index < -0.39 is 0 Å². The zero-order chi connectivity index (χ0) is 16.3. The van der Waals surface area contributed by atoms with Crippen LogP contribution in [0.5, 0.6) is 0 Å². The summed E-state index contributed by atoms with van der Waals surface area (Å²) < 4.78 is 5.37. The fourth-order valence-corrected chi connectivity index (χ4v) is 3.43. The Hall–Kier alpha value is -0.850. The Labute approximate surface area is 141 Å². The maximum atomic E-state index is 5.37. The lowest BCUT2D eigenvalue weighted by Crippen LogP contribution is -2.46. The molecule has 6 nitrogen and oxygen atoms in total. The summed E-state index contributed by atoms with van der Waals surface area (Å²) in [7, 11) is 4.10. The maximum Gasteiger partial charge on any atom is 0.191 e. The smallest absolute Gasteiger partial charge is 0.191 e. The van der Waals surface area contributed by atoms with Crippen molar-refractivity contribution in [3.63, 3.8) is 0 Å². The summed E-state index contributed by atoms with van der Waals surface area (Å²) >= 11 is 0. The van der Waals surface area contributed by atoms with Gasteiger partial charge in [0.15, 0.2) is 5.96 Å². The SMILES string of the molecule is CN=C(NCCN1CCOCC1)NCCN(C)C1CCCCC1. The van der Waals surface area contributed by atoms with Crippen LogP contribution in [0.25, 0.3) is 0 Å². The molecule has 1 heterocycles. The molecule has 0 atom stereocenters. The van der Waals surface area contributed by atoms with Crippen LogP contribution in [0.3, 0.4) is 0 Å². The Morgan fingerprint density at radius 2 is 1.83 bits per heavy atom. The Balaban J connectivity index is 1.55. The van der Waals surface area contributed by atoms with E-state index in [1.165, 1.54) is 32.1 Å². The van der Waals surface area contributed by atoms with Crippen LogP contribution in [0.1, 0.15) is 32.1 Å². The third kappa shape index (κ3) is 7.06. The van der Waals surface area contributed by atoms with Gasteiger partial charge in [0.05, 0.1) is 13.2 Å². The first-order chi connectivity index (χ1) is 11.3. The van der Waals surface area contributed by atoms with Crippen LogP contribution in [0.4, 0.5) is 0 Å². The van der Waals surface area contributed by atoms with Gasteiger partial charge in [-0.1, -0.05) is 19.3 Å². The van der Waals surface area contributed by atoms with Gasteiger partial charge >= 0.3 is 0 Å². The van der Waals surface area contributed by atoms with Crippen LogP contribution in [0.15, 0.2) is 4.99 Å². The second kappa shape index (κ2) is 10.8. The molecule has 1 saturated carbocycles. The number of hydrogen-bond acceptors (Lipinski definition) is 4. The van der Waals surface area contributed by atoms with Gasteiger partial charge in [-0.2, -0.15) is 0 Å². The molecule has 2 aliphatic rings. The molecule has 2 rings (SSSR count). The monoisotopic (exact) mass is 325 g/mol. The van der Waals surface area contributed by atoms with Gasteiger partial charge in [0.2, 0.25) is 0 Å². The second-order valence-electron chi connectivity index (χ2n) is 6.65. The Morgan fingerprint density at radius 3 is 2.52 bits per heavy atom. The van der Waals surface area contributed by atoms with Crippen molar-refractivity contribution in [1.82, 2.24) is 20.4 Å². The third-order valence-electron chi connectivity index (χ3n) is 5.00. The third-order valence-corrected chi connectivity index (χ3v) is 5.00. The first kappa shape index (κ1) is 18.5. The zero-order valence-electron chi connectivity index (χ0n) is 15.0. The molecule has 0 spiro atoms. The van der Waals surface area contributed by atoms with Gasteiger partial charge in [-0.3, -0.25) is 9.89 Å². The van der Waals surface area contributed by atoms with Crippen molar-refractivity contribution in [2.75, 3.05) is 66.6 Å². The van der Waals surface area contributed by atoms with E-state index in [2.05, 4.69) is 32.5 Å². The van der Waals surface area contributed by atoms with Gasteiger partial charge in [0, 0.05) is 52.4 Å². The number of morpholine rings is 1. The molecule has 6 heteroatoms. The molecule has 1 saturated heterocycles. The average Bonchev–Trinajstić information content (AvgIpc) is 2.62. The van der Waals surface area contributed by atoms with E-state index in [1.54, 1.807) is 0 Å². The topological polar surface area (TPSA) is 52.1 Å². The van der Waals surface area contributed by atoms with Crippen LogP contribution >= 0.6 is 0 Å². The Bertz CT molecular complexity index is 338. The van der Waals surface area contributed by atoms with Crippen LogP contribution < -0.4 is 10.6 Å². The Kier molecular flexibility index (Phi) is 8.71. The number of nitrogens with zero attached hydrogens (tertiary/aromatic N) is 3. The fraction of sp³-hybridized carbons (Fsp3) is 0.941. The summed E-state index contributed by atoms with van der Waals surface area (Å²) in [5.41, 5.74) is 0. The van der Waals surface area contributed by atoms with Gasteiger partial charge in [-0.25, -0.2) is 0 Å². The molecule has 0 aromatic heterocycles. The molecule has 2 fully saturated rings. The van der Waals surface area contributed by atoms with Crippen LogP contribution in [0, 0.1) is 0 Å². The molecule has 0 amide bonds. The summed E-state index contributed by atoms with van der Waals surface area (Å²) in [4.78, 5) is 9.25. The molecule has 23 heavy (non-hydrogen) atoms. The van der Waals surface area contributed by atoms with Crippen LogP contribution in [-0.2, 0) is 4.74 Å². The van der Waals surface area contributed by atoms with E-state index in [0.29, 0.717) is 0 Å². The van der Waals surface area contributed by atoms with Crippen molar-refractivity contribution in [2.24, 2.45) is 4.99 Å². The molecule has 0 bridgehead atoms. The van der Waals surface area contributed by atoms with Gasteiger partial charge in [-0.05, 0) is 19.9 Å². The van der Waals surface area contributed by atoms with Crippen molar-refractivity contribution >= 4 is 5.96 Å². The van der Waals surface area contributed by atoms with E-state index in [4.69, 9.17) is 4.74 Å². The quantitative estimate of drug-likeness (QED) is 0.534. The number of likely N-dealkylation sites (N-methyl/N-ethyl adjacent to an activating group) is 1. The normalized spacial score (nSPS) is 21.6. The summed E-state index contributed by atoms with van der Waals surface area (Å²) in [6.45, 7) is 7.81. The van der Waals surface area contributed by atoms with E-state index in [9.17, 15) is 0 Å². The second-order valence-corrected chi connectivity index (χ2v) is 6.65. The van der Waals surface area contributed by atoms with Gasteiger partial charge in [0.25, 0.3) is 0 Å². The van der Waals surface area contributed by atoms with Crippen LogP contribution in [-0.4, -0.2) is 88.4 Å². The molecule has 1 aliphatic carbocycles. The van der Waals surface area contributed by atoms with Crippen molar-refractivity contribution in [3.8, 4) is 0 Å². The van der Waals surface area contributed by atoms with E-state index in [-0.39, 0.29) is 0 Å². The molecule has 0 aromatic carbocycles. The van der Waals surface area contributed by atoms with Crippen LogP contribution in [0.2, 0.25) is 0 Å². The number of hydrogen-bond donors (Lipinski definition) is 2. The molecule has 0 radical (unpaired) electrons. The minimum absolute atomic E-state index is 0.779. The highest BCUT2D eigenvalue weighted by Gasteiger charge is 2.17. The predicted molar refractivity (Wildman–Crippen MR) is 96.1 cm³/mol. The van der Waals surface area contributed by atoms with Crippen molar-refractivity contribution < 1.29 is 4.74 Å². The van der Waals surface area contributed by atoms with Gasteiger partial charge in [0.1, 0.15) is 0 Å². The van der Waals surface area contributed by atoms with E-state index in [1.807, 2.05) is 7.05 Å².